The normalized spacial score (nSPS) is 16.2. The molecule has 0 bridgehead atoms. The Morgan fingerprint density at radius 1 is 1.38 bits per heavy atom. The number of nitrogens with two attached hydrogens (primary N) is 1. The molecule has 8 heteroatoms. The highest BCUT2D eigenvalue weighted by molar-refractivity contribution is 5.35. The second-order valence-electron chi connectivity index (χ2n) is 5.06. The lowest BCUT2D eigenvalue weighted by Crippen LogP contribution is -2.44. The van der Waals surface area contributed by atoms with Crippen molar-refractivity contribution < 1.29 is 14.2 Å². The van der Waals surface area contributed by atoms with Crippen LogP contribution in [0.5, 0.6) is 5.75 Å². The van der Waals surface area contributed by atoms with Crippen molar-refractivity contribution in [3.05, 3.63) is 46.1 Å². The van der Waals surface area contributed by atoms with E-state index < -0.39 is 10.5 Å². The van der Waals surface area contributed by atoms with Crippen LogP contribution in [0.1, 0.15) is 31.0 Å². The van der Waals surface area contributed by atoms with Gasteiger partial charge in [0.1, 0.15) is 5.75 Å². The number of hydrogen-bond donors (Lipinski definition) is 1. The molecule has 1 aromatic carbocycles. The summed E-state index contributed by atoms with van der Waals surface area (Å²) in [6.07, 6.45) is 2.78. The van der Waals surface area contributed by atoms with Gasteiger partial charge in [-0.15, -0.1) is 0 Å². The van der Waals surface area contributed by atoms with E-state index in [0.717, 1.165) is 19.3 Å². The van der Waals surface area contributed by atoms with Gasteiger partial charge in [0, 0.05) is 12.1 Å². The number of hydrogen-bond acceptors (Lipinski definition) is 7. The highest BCUT2D eigenvalue weighted by atomic mass is 16.6. The third kappa shape index (κ3) is 2.70. The number of non-ortho nitro benzene ring substituents is 1. The van der Waals surface area contributed by atoms with Crippen LogP contribution in [-0.4, -0.2) is 15.1 Å². The fourth-order valence-corrected chi connectivity index (χ4v) is 2.11. The molecule has 1 aliphatic carbocycles. The predicted molar refractivity (Wildman–Crippen MR) is 71.4 cm³/mol. The largest absolute Gasteiger partial charge is 0.484 e. The van der Waals surface area contributed by atoms with Gasteiger partial charge in [-0.2, -0.15) is 4.98 Å². The Morgan fingerprint density at radius 2 is 2.10 bits per heavy atom. The van der Waals surface area contributed by atoms with Gasteiger partial charge in [-0.1, -0.05) is 5.16 Å². The van der Waals surface area contributed by atoms with Crippen molar-refractivity contribution in [3.63, 3.8) is 0 Å². The highest BCUT2D eigenvalue weighted by Gasteiger charge is 2.38. The number of benzene rings is 1. The molecule has 21 heavy (non-hydrogen) atoms. The molecule has 0 atom stereocenters. The van der Waals surface area contributed by atoms with Crippen LogP contribution >= 0.6 is 0 Å². The number of rotatable bonds is 5. The molecular formula is C13H14N4O4. The fraction of sp³-hybridized carbons (Fsp3) is 0.385. The molecule has 2 aromatic rings. The molecule has 0 spiro atoms. The Bertz CT molecular complexity index is 648. The molecular weight excluding hydrogens is 276 g/mol. The van der Waals surface area contributed by atoms with Gasteiger partial charge in [-0.05, 0) is 31.4 Å². The summed E-state index contributed by atoms with van der Waals surface area (Å²) < 4.78 is 10.5. The van der Waals surface area contributed by atoms with Crippen LogP contribution in [0.25, 0.3) is 0 Å². The van der Waals surface area contributed by atoms with E-state index in [9.17, 15) is 10.1 Å². The lowest BCUT2D eigenvalue weighted by atomic mass is 9.77. The van der Waals surface area contributed by atoms with Gasteiger partial charge >= 0.3 is 0 Å². The maximum absolute atomic E-state index is 10.5. The molecule has 1 aromatic heterocycles. The van der Waals surface area contributed by atoms with Gasteiger partial charge in [0.05, 0.1) is 10.5 Å². The number of nitrogens with zero attached hydrogens (tertiary/aromatic N) is 3. The van der Waals surface area contributed by atoms with Gasteiger partial charge in [0.2, 0.25) is 0 Å². The molecule has 1 saturated carbocycles. The van der Waals surface area contributed by atoms with Crippen molar-refractivity contribution in [2.24, 2.45) is 5.73 Å². The second kappa shape index (κ2) is 5.13. The van der Waals surface area contributed by atoms with Crippen molar-refractivity contribution in [1.29, 1.82) is 0 Å². The van der Waals surface area contributed by atoms with E-state index in [-0.39, 0.29) is 12.3 Å². The van der Waals surface area contributed by atoms with Crippen LogP contribution < -0.4 is 10.5 Å². The van der Waals surface area contributed by atoms with Gasteiger partial charge in [-0.25, -0.2) is 0 Å². The van der Waals surface area contributed by atoms with E-state index in [2.05, 4.69) is 10.1 Å². The van der Waals surface area contributed by atoms with Crippen molar-refractivity contribution in [2.75, 3.05) is 0 Å². The highest BCUT2D eigenvalue weighted by Crippen LogP contribution is 2.36. The standard InChI is InChI=1S/C13H14N4O4/c14-13(6-1-7-13)12-15-11(21-16-12)8-20-10-4-2-9(3-5-10)17(18)19/h2-5H,1,6-8,14H2. The van der Waals surface area contributed by atoms with Crippen molar-refractivity contribution in [1.82, 2.24) is 10.1 Å². The Balaban J connectivity index is 1.61. The Hall–Kier alpha value is -2.48. The third-order valence-electron chi connectivity index (χ3n) is 3.57. The number of nitro groups is 1. The minimum Gasteiger partial charge on any atom is -0.484 e. The molecule has 0 amide bonds. The number of nitro benzene ring substituents is 1. The molecule has 1 heterocycles. The summed E-state index contributed by atoms with van der Waals surface area (Å²) >= 11 is 0. The summed E-state index contributed by atoms with van der Waals surface area (Å²) in [6, 6.07) is 5.78. The lowest BCUT2D eigenvalue weighted by molar-refractivity contribution is -0.384. The molecule has 0 radical (unpaired) electrons. The first-order valence-corrected chi connectivity index (χ1v) is 6.56. The first kappa shape index (κ1) is 13.5. The molecule has 1 fully saturated rings. The Labute approximate surface area is 120 Å². The van der Waals surface area contributed by atoms with Crippen LogP contribution in [0.3, 0.4) is 0 Å². The first-order valence-electron chi connectivity index (χ1n) is 6.56. The minimum atomic E-state index is -0.465. The zero-order chi connectivity index (χ0) is 14.9. The zero-order valence-electron chi connectivity index (χ0n) is 11.2. The van der Waals surface area contributed by atoms with Crippen LogP contribution in [0.15, 0.2) is 28.8 Å². The Kier molecular flexibility index (Phi) is 3.30. The average Bonchev–Trinajstić information content (AvgIpc) is 2.92. The van der Waals surface area contributed by atoms with E-state index in [1.807, 2.05) is 0 Å². The second-order valence-corrected chi connectivity index (χ2v) is 5.06. The van der Waals surface area contributed by atoms with Gasteiger partial charge in [0.25, 0.3) is 11.6 Å². The number of ether oxygens (including phenoxy) is 1. The quantitative estimate of drug-likeness (QED) is 0.659. The topological polar surface area (TPSA) is 117 Å². The molecule has 0 saturated heterocycles. The molecule has 0 unspecified atom stereocenters. The van der Waals surface area contributed by atoms with E-state index >= 15 is 0 Å². The van der Waals surface area contributed by atoms with Crippen molar-refractivity contribution in [3.8, 4) is 5.75 Å². The van der Waals surface area contributed by atoms with E-state index in [1.54, 1.807) is 0 Å². The van der Waals surface area contributed by atoms with E-state index in [4.69, 9.17) is 15.0 Å². The summed E-state index contributed by atoms with van der Waals surface area (Å²) in [5.74, 6) is 1.34. The van der Waals surface area contributed by atoms with Gasteiger partial charge < -0.3 is 15.0 Å². The summed E-state index contributed by atoms with van der Waals surface area (Å²) in [7, 11) is 0. The average molecular weight is 290 g/mol. The third-order valence-corrected chi connectivity index (χ3v) is 3.57. The van der Waals surface area contributed by atoms with E-state index in [0.29, 0.717) is 17.5 Å². The molecule has 0 aliphatic heterocycles. The predicted octanol–water partition coefficient (Wildman–Crippen LogP) is 1.89. The maximum Gasteiger partial charge on any atom is 0.269 e. The zero-order valence-corrected chi connectivity index (χ0v) is 11.2. The molecule has 3 rings (SSSR count). The lowest BCUT2D eigenvalue weighted by Gasteiger charge is -2.34. The van der Waals surface area contributed by atoms with Gasteiger partial charge in [0.15, 0.2) is 12.4 Å². The fourth-order valence-electron chi connectivity index (χ4n) is 2.11. The maximum atomic E-state index is 10.5. The van der Waals surface area contributed by atoms with Crippen LogP contribution in [0.4, 0.5) is 5.69 Å². The Morgan fingerprint density at radius 3 is 2.67 bits per heavy atom. The molecule has 2 N–H and O–H groups in total. The summed E-state index contributed by atoms with van der Waals surface area (Å²) in [6.45, 7) is 0.0981. The number of aromatic nitrogens is 2. The van der Waals surface area contributed by atoms with Crippen LogP contribution in [0.2, 0.25) is 0 Å². The van der Waals surface area contributed by atoms with Gasteiger partial charge in [-0.3, -0.25) is 10.1 Å². The van der Waals surface area contributed by atoms with E-state index in [1.165, 1.54) is 24.3 Å². The minimum absolute atomic E-state index is 0.0116. The smallest absolute Gasteiger partial charge is 0.269 e. The summed E-state index contributed by atoms with van der Waals surface area (Å²) in [4.78, 5) is 14.3. The SMILES string of the molecule is NC1(c2noc(COc3ccc([N+](=O)[O-])cc3)n2)CCC1. The van der Waals surface area contributed by atoms with Crippen LogP contribution in [-0.2, 0) is 12.1 Å². The van der Waals surface area contributed by atoms with Crippen LogP contribution in [0, 0.1) is 10.1 Å². The molecule has 1 aliphatic rings. The molecule has 110 valence electrons. The first-order chi connectivity index (χ1) is 10.1. The van der Waals surface area contributed by atoms with Crippen molar-refractivity contribution in [2.45, 2.75) is 31.4 Å². The summed E-state index contributed by atoms with van der Waals surface area (Å²) in [5.41, 5.74) is 5.65. The monoisotopic (exact) mass is 290 g/mol. The van der Waals surface area contributed by atoms with Crippen molar-refractivity contribution >= 4 is 5.69 Å². The summed E-state index contributed by atoms with van der Waals surface area (Å²) in [5, 5.41) is 14.4. The molecule has 8 nitrogen and oxygen atoms in total.